The van der Waals surface area contributed by atoms with E-state index in [-0.39, 0.29) is 80.4 Å². The fraction of sp³-hybridized carbons (Fsp3) is 0.0244. The molecule has 0 bridgehead atoms. The van der Waals surface area contributed by atoms with Gasteiger partial charge < -0.3 is 29.1 Å². The Balaban J connectivity index is 0.000000147. The molecule has 16 aromatic rings. The Morgan fingerprint density at radius 1 is 0.330 bits per heavy atom. The number of hydrogen-bond acceptors (Lipinski definition) is 5. The molecule has 0 atom stereocenters. The third-order valence-electron chi connectivity index (χ3n) is 15.4. The molecular formula is C82H56Ir4N8-4. The van der Waals surface area contributed by atoms with Crippen molar-refractivity contribution in [1.82, 2.24) is 34.1 Å². The number of aryl methyl sites for hydroxylation is 2. The van der Waals surface area contributed by atoms with Crippen molar-refractivity contribution in [3.05, 3.63) is 351 Å². The molecule has 7 heterocycles. The minimum Gasteiger partial charge on any atom is -0.351 e. The van der Waals surface area contributed by atoms with E-state index in [2.05, 4.69) is 223 Å². The van der Waals surface area contributed by atoms with Crippen LogP contribution < -0.4 is 0 Å². The molecule has 9 aromatic carbocycles. The van der Waals surface area contributed by atoms with Crippen LogP contribution in [0.4, 0.5) is 5.69 Å². The van der Waals surface area contributed by atoms with Crippen LogP contribution in [0.3, 0.4) is 0 Å². The van der Waals surface area contributed by atoms with Gasteiger partial charge in [-0.1, -0.05) is 156 Å². The van der Waals surface area contributed by atoms with Crippen LogP contribution in [0.2, 0.25) is 0 Å². The van der Waals surface area contributed by atoms with Gasteiger partial charge in [-0.15, -0.1) is 125 Å². The first-order valence-corrected chi connectivity index (χ1v) is 29.5. The number of benzene rings is 9. The van der Waals surface area contributed by atoms with Crippen LogP contribution in [0, 0.1) is 44.7 Å². The number of para-hydroxylation sites is 4. The Morgan fingerprint density at radius 2 is 0.777 bits per heavy atom. The standard InChI is InChI=1S/2C24H17N2.C18H11N2.C16H11N2.4Ir/c1-17-13-14-25-22(15-17)18-7-6-8-19(16-18)26-23-11-4-2-9-20(23)21-10-3-5-12-24(21)26;1-17-14-15-25-22(16-17)18-10-12-19(13-11-18)26-23-8-4-2-6-20(23)21-7-3-5-9-24(21)26;1-19-17-9-5-7-15(13-17)14-6-4-8-16(12-14)18-10-2-3-11-20-18;1-2-10-18-16(8-1)14-6-3-5-13(11-14)15-7-4-9-17-12-15;;;;/h2-6,8-16H,1H3;2-10,12-16H,1H3;2-7,9-13H;1-5,7-12H;;;;/q4*-1;;;;. The minimum absolute atomic E-state index is 0. The van der Waals surface area contributed by atoms with Gasteiger partial charge in [-0.3, -0.25) is 4.98 Å². The van der Waals surface area contributed by atoms with Crippen LogP contribution in [0.15, 0.2) is 304 Å². The molecule has 12 heteroatoms. The maximum absolute atomic E-state index is 7.09. The zero-order valence-corrected chi connectivity index (χ0v) is 60.4. The quantitative estimate of drug-likeness (QED) is 0.142. The first kappa shape index (κ1) is 68.8. The largest absolute Gasteiger partial charge is 0.351 e. The third-order valence-corrected chi connectivity index (χ3v) is 15.4. The molecular weight excluding hydrogens is 1870 g/mol. The number of nitrogens with zero attached hydrogens (tertiary/aromatic N) is 8. The van der Waals surface area contributed by atoms with Crippen LogP contribution in [0.5, 0.6) is 0 Å². The van der Waals surface area contributed by atoms with Crippen LogP contribution in [0.25, 0.3) is 127 Å². The fourth-order valence-corrected chi connectivity index (χ4v) is 11.1. The van der Waals surface area contributed by atoms with Gasteiger partial charge >= 0.3 is 0 Å². The topological polar surface area (TPSA) is 78.7 Å². The van der Waals surface area contributed by atoms with E-state index in [1.807, 2.05) is 140 Å². The molecule has 0 spiro atoms. The SMILES string of the molecule is Cc1ccnc(-c2[c-]cc(-n3c4ccccc4c4ccccc43)cc2)c1.Cc1ccnc(-c2[c-]ccc(-n3c4ccccc4c4ccccc43)c2)c1.[C-]#[N+]c1cccc(-c2cc[c-]c(-c3ccccn3)c2)c1.[Ir].[Ir].[Ir].[Ir].[c-]1ccc(-c2cccnc2)cc1-c1ccccn1. The molecule has 0 unspecified atom stereocenters. The Labute approximate surface area is 601 Å². The monoisotopic (exact) mass is 1920 g/mol. The summed E-state index contributed by atoms with van der Waals surface area (Å²) in [6.45, 7) is 11.3. The normalized spacial score (nSPS) is 10.3. The molecule has 0 N–H and O–H groups in total. The van der Waals surface area contributed by atoms with Gasteiger partial charge in [0, 0.05) is 150 Å². The summed E-state index contributed by atoms with van der Waals surface area (Å²) < 4.78 is 4.62. The van der Waals surface area contributed by atoms with Crippen molar-refractivity contribution in [2.24, 2.45) is 0 Å². The maximum Gasteiger partial charge on any atom is 0.187 e. The summed E-state index contributed by atoms with van der Waals surface area (Å²) in [5.41, 5.74) is 22.2. The van der Waals surface area contributed by atoms with Crippen molar-refractivity contribution >= 4 is 49.3 Å². The maximum atomic E-state index is 7.09. The van der Waals surface area contributed by atoms with Crippen LogP contribution in [-0.4, -0.2) is 34.1 Å². The van der Waals surface area contributed by atoms with Gasteiger partial charge in [-0.2, -0.15) is 0 Å². The predicted molar refractivity (Wildman–Crippen MR) is 367 cm³/mol. The summed E-state index contributed by atoms with van der Waals surface area (Å²) in [6, 6.07) is 103. The van der Waals surface area contributed by atoms with E-state index in [4.69, 9.17) is 6.57 Å². The summed E-state index contributed by atoms with van der Waals surface area (Å²) in [7, 11) is 0. The second-order valence-electron chi connectivity index (χ2n) is 21.4. The van der Waals surface area contributed by atoms with Crippen molar-refractivity contribution in [3.8, 4) is 78.7 Å². The Hall–Kier alpha value is -9.58. The second-order valence-corrected chi connectivity index (χ2v) is 21.4. The van der Waals surface area contributed by atoms with Crippen molar-refractivity contribution in [1.29, 1.82) is 0 Å². The molecule has 0 amide bonds. The molecule has 0 fully saturated rings. The van der Waals surface area contributed by atoms with E-state index in [0.717, 1.165) is 78.7 Å². The van der Waals surface area contributed by atoms with E-state index in [9.17, 15) is 0 Å². The van der Waals surface area contributed by atoms with E-state index in [1.165, 1.54) is 54.7 Å². The van der Waals surface area contributed by atoms with Crippen LogP contribution in [0.1, 0.15) is 11.1 Å². The Bertz CT molecular complexity index is 5030. The molecule has 0 saturated heterocycles. The third kappa shape index (κ3) is 15.7. The van der Waals surface area contributed by atoms with Crippen LogP contribution in [-0.2, 0) is 80.4 Å². The molecule has 4 radical (unpaired) electrons. The van der Waals surface area contributed by atoms with Crippen molar-refractivity contribution < 1.29 is 80.4 Å². The fourth-order valence-electron chi connectivity index (χ4n) is 11.1. The van der Waals surface area contributed by atoms with Gasteiger partial charge in [0.2, 0.25) is 0 Å². The number of hydrogen-bond donors (Lipinski definition) is 0. The Kier molecular flexibility index (Phi) is 24.0. The minimum atomic E-state index is 0. The smallest absolute Gasteiger partial charge is 0.187 e. The predicted octanol–water partition coefficient (Wildman–Crippen LogP) is 20.3. The van der Waals surface area contributed by atoms with E-state index in [1.54, 1.807) is 18.6 Å². The number of rotatable bonds is 8. The van der Waals surface area contributed by atoms with Crippen molar-refractivity contribution in [3.63, 3.8) is 0 Å². The summed E-state index contributed by atoms with van der Waals surface area (Å²) in [4.78, 5) is 25.3. The molecule has 7 aromatic heterocycles. The van der Waals surface area contributed by atoms with Gasteiger partial charge in [-0.05, 0) is 114 Å². The molecule has 8 nitrogen and oxygen atoms in total. The van der Waals surface area contributed by atoms with E-state index >= 15 is 0 Å². The number of aromatic nitrogens is 7. The summed E-state index contributed by atoms with van der Waals surface area (Å²) in [6.07, 6.45) is 10.9. The Morgan fingerprint density at radius 3 is 1.24 bits per heavy atom. The van der Waals surface area contributed by atoms with Gasteiger partial charge in [0.25, 0.3) is 0 Å². The zero-order chi connectivity index (χ0) is 61.0. The number of fused-ring (bicyclic) bond motifs is 6. The second kappa shape index (κ2) is 32.8. The number of pyridine rings is 5. The first-order chi connectivity index (χ1) is 44.4. The summed E-state index contributed by atoms with van der Waals surface area (Å²) in [5, 5.41) is 5.08. The van der Waals surface area contributed by atoms with Crippen molar-refractivity contribution in [2.45, 2.75) is 13.8 Å². The first-order valence-electron chi connectivity index (χ1n) is 29.5. The molecule has 0 aliphatic heterocycles. The van der Waals surface area contributed by atoms with E-state index in [0.29, 0.717) is 5.69 Å². The molecule has 16 rings (SSSR count). The van der Waals surface area contributed by atoms with Gasteiger partial charge in [0.1, 0.15) is 0 Å². The molecule has 464 valence electrons. The molecule has 94 heavy (non-hydrogen) atoms. The average molecular weight is 1920 g/mol. The molecule has 0 saturated carbocycles. The van der Waals surface area contributed by atoms with Gasteiger partial charge in [0.15, 0.2) is 5.69 Å². The van der Waals surface area contributed by atoms with Crippen molar-refractivity contribution in [2.75, 3.05) is 0 Å². The summed E-state index contributed by atoms with van der Waals surface area (Å²) >= 11 is 0. The average Bonchev–Trinajstić information content (AvgIpc) is 1.61. The van der Waals surface area contributed by atoms with Crippen LogP contribution >= 0.6 is 0 Å². The van der Waals surface area contributed by atoms with Gasteiger partial charge in [0.05, 0.1) is 17.6 Å². The van der Waals surface area contributed by atoms with Gasteiger partial charge in [-0.25, -0.2) is 4.85 Å². The molecule has 0 aliphatic rings. The van der Waals surface area contributed by atoms with E-state index < -0.39 is 0 Å². The zero-order valence-electron chi connectivity index (χ0n) is 50.8. The molecule has 0 aliphatic carbocycles. The summed E-state index contributed by atoms with van der Waals surface area (Å²) in [5.74, 6) is 0.